The number of nitrogens with one attached hydrogen (secondary N) is 1. The minimum atomic E-state index is -4.00. The van der Waals surface area contributed by atoms with Crippen molar-refractivity contribution in [2.45, 2.75) is 20.4 Å². The van der Waals surface area contributed by atoms with Gasteiger partial charge in [-0.3, -0.25) is 9.10 Å². The van der Waals surface area contributed by atoms with E-state index in [0.29, 0.717) is 10.6 Å². The van der Waals surface area contributed by atoms with Gasteiger partial charge in [0.1, 0.15) is 4.88 Å². The molecule has 7 heteroatoms. The monoisotopic (exact) mass is 424 g/mol. The van der Waals surface area contributed by atoms with Crippen LogP contribution in [0.25, 0.3) is 0 Å². The standard InChI is InChI=1S/C22H20N2O3S2/c1-15-8-9-18(16(2)12-15)23-13-20-21(25)22-19(10-11-28-22)24(29(20,26)27)14-17-6-4-3-5-7-17/h3-13,23H,14H2,1-2H3. The van der Waals surface area contributed by atoms with Crippen molar-refractivity contribution in [3.05, 3.63) is 92.6 Å². The SMILES string of the molecule is Cc1ccc(NC=C2C(=O)c3sccc3N(Cc3ccccc3)S2(=O)=O)c(C)c1. The fraction of sp³-hybridized carbons (Fsp3) is 0.136. The minimum Gasteiger partial charge on any atom is -0.360 e. The van der Waals surface area contributed by atoms with Crippen molar-refractivity contribution >= 4 is 38.5 Å². The van der Waals surface area contributed by atoms with Crippen LogP contribution in [0.15, 0.2) is 71.1 Å². The van der Waals surface area contributed by atoms with Gasteiger partial charge in [0.15, 0.2) is 4.91 Å². The minimum absolute atomic E-state index is 0.168. The second kappa shape index (κ2) is 7.50. The number of ketones is 1. The highest BCUT2D eigenvalue weighted by Gasteiger charge is 2.41. The summed E-state index contributed by atoms with van der Waals surface area (Å²) >= 11 is 1.25. The molecule has 0 bridgehead atoms. The summed E-state index contributed by atoms with van der Waals surface area (Å²) in [6.07, 6.45) is 1.32. The molecule has 1 N–H and O–H groups in total. The van der Waals surface area contributed by atoms with Crippen molar-refractivity contribution in [2.24, 2.45) is 0 Å². The van der Waals surface area contributed by atoms with E-state index < -0.39 is 15.8 Å². The highest BCUT2D eigenvalue weighted by Crippen LogP contribution is 2.39. The van der Waals surface area contributed by atoms with Gasteiger partial charge < -0.3 is 5.32 Å². The van der Waals surface area contributed by atoms with E-state index in [4.69, 9.17) is 0 Å². The summed E-state index contributed by atoms with van der Waals surface area (Å²) in [5.74, 6) is -0.475. The van der Waals surface area contributed by atoms with Gasteiger partial charge in [0, 0.05) is 11.9 Å². The van der Waals surface area contributed by atoms with Crippen molar-refractivity contribution in [1.29, 1.82) is 0 Å². The van der Waals surface area contributed by atoms with Crippen molar-refractivity contribution in [3.8, 4) is 0 Å². The Hall–Kier alpha value is -2.90. The predicted molar refractivity (Wildman–Crippen MR) is 118 cm³/mol. The Morgan fingerprint density at radius 2 is 1.83 bits per heavy atom. The number of sulfonamides is 1. The van der Waals surface area contributed by atoms with Crippen LogP contribution >= 0.6 is 11.3 Å². The van der Waals surface area contributed by atoms with Gasteiger partial charge in [-0.05, 0) is 42.5 Å². The lowest BCUT2D eigenvalue weighted by atomic mass is 10.1. The summed E-state index contributed by atoms with van der Waals surface area (Å²) in [4.78, 5) is 13.1. The number of hydrogen-bond acceptors (Lipinski definition) is 5. The van der Waals surface area contributed by atoms with E-state index >= 15 is 0 Å². The van der Waals surface area contributed by atoms with E-state index in [1.165, 1.54) is 21.8 Å². The molecule has 1 aliphatic rings. The first kappa shape index (κ1) is 19.4. The van der Waals surface area contributed by atoms with Crippen LogP contribution in [0, 0.1) is 13.8 Å². The molecule has 1 aliphatic heterocycles. The third kappa shape index (κ3) is 3.59. The lowest BCUT2D eigenvalue weighted by Gasteiger charge is -2.29. The summed E-state index contributed by atoms with van der Waals surface area (Å²) < 4.78 is 28.0. The van der Waals surface area contributed by atoms with Crippen LogP contribution in [0.2, 0.25) is 0 Å². The first-order valence-electron chi connectivity index (χ1n) is 9.11. The molecule has 3 aromatic rings. The maximum absolute atomic E-state index is 13.4. The number of carbonyl (C=O) groups excluding carboxylic acids is 1. The summed E-state index contributed by atoms with van der Waals surface area (Å²) in [7, 11) is -4.00. The molecule has 148 valence electrons. The Morgan fingerprint density at radius 3 is 2.55 bits per heavy atom. The third-order valence-electron chi connectivity index (χ3n) is 4.82. The van der Waals surface area contributed by atoms with Gasteiger partial charge in [-0.15, -0.1) is 11.3 Å². The smallest absolute Gasteiger partial charge is 0.270 e. The number of anilines is 2. The van der Waals surface area contributed by atoms with Crippen LogP contribution in [0.5, 0.6) is 0 Å². The molecule has 0 fully saturated rings. The first-order chi connectivity index (χ1) is 13.9. The maximum atomic E-state index is 13.4. The maximum Gasteiger partial charge on any atom is 0.270 e. The van der Waals surface area contributed by atoms with Crippen molar-refractivity contribution in [3.63, 3.8) is 0 Å². The number of hydrogen-bond donors (Lipinski definition) is 1. The average Bonchev–Trinajstić information content (AvgIpc) is 3.17. The lowest BCUT2D eigenvalue weighted by Crippen LogP contribution is -2.38. The molecule has 0 saturated carbocycles. The molecular formula is C22H20N2O3S2. The molecular weight excluding hydrogens is 404 g/mol. The molecule has 5 nitrogen and oxygen atoms in total. The number of Topliss-reactive ketones (excluding diaryl/α,β-unsaturated/α-hetero) is 1. The highest BCUT2D eigenvalue weighted by atomic mass is 32.2. The van der Waals surface area contributed by atoms with Crippen molar-refractivity contribution in [2.75, 3.05) is 9.62 Å². The van der Waals surface area contributed by atoms with Crippen LogP contribution in [0.4, 0.5) is 11.4 Å². The van der Waals surface area contributed by atoms with Crippen LogP contribution in [0.1, 0.15) is 26.4 Å². The molecule has 4 rings (SSSR count). The normalized spacial score (nSPS) is 16.7. The second-order valence-electron chi connectivity index (χ2n) is 6.93. The Labute approximate surface area is 174 Å². The van der Waals surface area contributed by atoms with Crippen molar-refractivity contribution < 1.29 is 13.2 Å². The van der Waals surface area contributed by atoms with E-state index in [1.54, 1.807) is 11.4 Å². The molecule has 1 aromatic heterocycles. The molecule has 0 atom stereocenters. The van der Waals surface area contributed by atoms with Crippen LogP contribution in [-0.4, -0.2) is 14.2 Å². The topological polar surface area (TPSA) is 66.5 Å². The van der Waals surface area contributed by atoms with Gasteiger partial charge in [-0.2, -0.15) is 0 Å². The highest BCUT2D eigenvalue weighted by molar-refractivity contribution is 7.97. The number of nitrogens with zero attached hydrogens (tertiary/aromatic N) is 1. The molecule has 0 radical (unpaired) electrons. The zero-order chi connectivity index (χ0) is 20.6. The van der Waals surface area contributed by atoms with Gasteiger partial charge in [0.25, 0.3) is 10.0 Å². The molecule has 0 spiro atoms. The van der Waals surface area contributed by atoms with Crippen LogP contribution in [0.3, 0.4) is 0 Å². The van der Waals surface area contributed by atoms with Crippen LogP contribution in [-0.2, 0) is 16.6 Å². The van der Waals surface area contributed by atoms with E-state index in [2.05, 4.69) is 5.32 Å². The average molecular weight is 425 g/mol. The first-order valence-corrected chi connectivity index (χ1v) is 11.4. The number of thiophene rings is 1. The molecule has 0 saturated heterocycles. The van der Waals surface area contributed by atoms with Gasteiger partial charge >= 0.3 is 0 Å². The van der Waals surface area contributed by atoms with E-state index in [9.17, 15) is 13.2 Å². The quantitative estimate of drug-likeness (QED) is 0.608. The van der Waals surface area contributed by atoms with Gasteiger partial charge in [0.05, 0.1) is 12.2 Å². The summed E-state index contributed by atoms with van der Waals surface area (Å²) in [6.45, 7) is 4.09. The number of benzene rings is 2. The predicted octanol–water partition coefficient (Wildman–Crippen LogP) is 4.85. The fourth-order valence-corrected chi connectivity index (χ4v) is 5.81. The summed E-state index contributed by atoms with van der Waals surface area (Å²) in [5, 5.41) is 4.77. The van der Waals surface area contributed by atoms with E-state index in [0.717, 1.165) is 22.4 Å². The molecule has 0 unspecified atom stereocenters. The Balaban J connectivity index is 1.75. The van der Waals surface area contributed by atoms with E-state index in [1.807, 2.05) is 62.4 Å². The number of fused-ring (bicyclic) bond motifs is 1. The van der Waals surface area contributed by atoms with Crippen molar-refractivity contribution in [1.82, 2.24) is 0 Å². The number of rotatable bonds is 4. The number of allylic oxidation sites excluding steroid dienone is 1. The van der Waals surface area contributed by atoms with E-state index in [-0.39, 0.29) is 11.4 Å². The Bertz CT molecular complexity index is 1210. The second-order valence-corrected chi connectivity index (χ2v) is 9.68. The number of aryl methyl sites for hydroxylation is 2. The zero-order valence-electron chi connectivity index (χ0n) is 16.0. The molecule has 2 heterocycles. The fourth-order valence-electron chi connectivity index (χ4n) is 3.32. The molecule has 29 heavy (non-hydrogen) atoms. The Morgan fingerprint density at radius 1 is 1.07 bits per heavy atom. The van der Waals surface area contributed by atoms with Crippen LogP contribution < -0.4 is 9.62 Å². The van der Waals surface area contributed by atoms with Gasteiger partial charge in [-0.1, -0.05) is 48.0 Å². The van der Waals surface area contributed by atoms with Gasteiger partial charge in [-0.25, -0.2) is 8.42 Å². The summed E-state index contributed by atoms with van der Waals surface area (Å²) in [5.41, 5.74) is 4.13. The molecule has 2 aromatic carbocycles. The largest absolute Gasteiger partial charge is 0.360 e. The lowest BCUT2D eigenvalue weighted by molar-refractivity contribution is 0.104. The Kier molecular flexibility index (Phi) is 5.02. The number of carbonyl (C=O) groups is 1. The molecule has 0 aliphatic carbocycles. The van der Waals surface area contributed by atoms with Gasteiger partial charge in [0.2, 0.25) is 5.78 Å². The molecule has 0 amide bonds. The summed E-state index contributed by atoms with van der Waals surface area (Å²) in [6, 6.07) is 16.8. The zero-order valence-corrected chi connectivity index (χ0v) is 17.7. The third-order valence-corrected chi connectivity index (χ3v) is 7.49.